The first kappa shape index (κ1) is 13.2. The Morgan fingerprint density at radius 2 is 2.25 bits per heavy atom. The molecule has 1 aliphatic carbocycles. The summed E-state index contributed by atoms with van der Waals surface area (Å²) in [5, 5.41) is 13.1. The lowest BCUT2D eigenvalue weighted by Crippen LogP contribution is -2.42. The van der Waals surface area contributed by atoms with E-state index >= 15 is 0 Å². The standard InChI is InChI=1S/C14H15N3O2S/c18-13(15-9-14(19)6-2-1-3-7-14)10-4-5-11-12(8-10)17-20-16-11/h2,4-6,8,19H,1,3,7,9H2,(H,15,18)/t14-/m1/s1. The minimum Gasteiger partial charge on any atom is -0.384 e. The Morgan fingerprint density at radius 3 is 3.05 bits per heavy atom. The molecule has 3 rings (SSSR count). The van der Waals surface area contributed by atoms with Crippen LogP contribution in [0.2, 0.25) is 0 Å². The topological polar surface area (TPSA) is 75.1 Å². The Hall–Kier alpha value is -1.79. The van der Waals surface area contributed by atoms with Crippen LogP contribution in [0.3, 0.4) is 0 Å². The lowest BCUT2D eigenvalue weighted by atomic mass is 9.91. The fourth-order valence-electron chi connectivity index (χ4n) is 2.32. The minimum atomic E-state index is -0.916. The zero-order valence-corrected chi connectivity index (χ0v) is 11.7. The first-order valence-electron chi connectivity index (χ1n) is 6.57. The largest absolute Gasteiger partial charge is 0.384 e. The summed E-state index contributed by atoms with van der Waals surface area (Å²) >= 11 is 1.13. The normalized spacial score (nSPS) is 22.1. The number of aliphatic hydroxyl groups is 1. The van der Waals surface area contributed by atoms with Gasteiger partial charge in [-0.1, -0.05) is 12.2 Å². The highest BCUT2D eigenvalue weighted by atomic mass is 32.1. The van der Waals surface area contributed by atoms with E-state index in [0.717, 1.165) is 35.6 Å². The van der Waals surface area contributed by atoms with Crippen molar-refractivity contribution in [3.05, 3.63) is 35.9 Å². The molecule has 1 aromatic heterocycles. The summed E-state index contributed by atoms with van der Waals surface area (Å²) in [6.07, 6.45) is 6.36. The molecule has 0 bridgehead atoms. The average Bonchev–Trinajstić information content (AvgIpc) is 2.93. The van der Waals surface area contributed by atoms with Gasteiger partial charge in [0.15, 0.2) is 0 Å². The van der Waals surface area contributed by atoms with Crippen LogP contribution in [0.1, 0.15) is 29.6 Å². The van der Waals surface area contributed by atoms with Crippen molar-refractivity contribution in [2.75, 3.05) is 6.54 Å². The van der Waals surface area contributed by atoms with Crippen LogP contribution in [0.15, 0.2) is 30.4 Å². The van der Waals surface area contributed by atoms with Gasteiger partial charge in [0.25, 0.3) is 5.91 Å². The average molecular weight is 289 g/mol. The molecule has 0 saturated carbocycles. The molecular weight excluding hydrogens is 274 g/mol. The predicted octanol–water partition coefficient (Wildman–Crippen LogP) is 1.89. The third-order valence-electron chi connectivity index (χ3n) is 3.48. The van der Waals surface area contributed by atoms with Gasteiger partial charge in [-0.05, 0) is 37.5 Å². The molecule has 0 spiro atoms. The van der Waals surface area contributed by atoms with E-state index in [0.29, 0.717) is 12.0 Å². The molecule has 0 saturated heterocycles. The van der Waals surface area contributed by atoms with Crippen molar-refractivity contribution in [3.63, 3.8) is 0 Å². The fraction of sp³-hybridized carbons (Fsp3) is 0.357. The van der Waals surface area contributed by atoms with Gasteiger partial charge in [0.1, 0.15) is 11.0 Å². The number of fused-ring (bicyclic) bond motifs is 1. The molecule has 1 amide bonds. The number of hydrogen-bond donors (Lipinski definition) is 2. The molecule has 104 valence electrons. The van der Waals surface area contributed by atoms with E-state index in [4.69, 9.17) is 0 Å². The van der Waals surface area contributed by atoms with E-state index in [1.165, 1.54) is 0 Å². The number of rotatable bonds is 3. The van der Waals surface area contributed by atoms with Crippen LogP contribution in [0.4, 0.5) is 0 Å². The van der Waals surface area contributed by atoms with Gasteiger partial charge < -0.3 is 10.4 Å². The number of carbonyl (C=O) groups excluding carboxylic acids is 1. The Bertz CT molecular complexity index is 667. The number of aromatic nitrogens is 2. The highest BCUT2D eigenvalue weighted by molar-refractivity contribution is 7.00. The lowest BCUT2D eigenvalue weighted by molar-refractivity contribution is 0.0660. The molecule has 2 N–H and O–H groups in total. The van der Waals surface area contributed by atoms with Crippen LogP contribution >= 0.6 is 11.7 Å². The molecule has 6 heteroatoms. The van der Waals surface area contributed by atoms with Crippen LogP contribution in [0, 0.1) is 0 Å². The first-order valence-corrected chi connectivity index (χ1v) is 7.30. The van der Waals surface area contributed by atoms with Gasteiger partial charge in [-0.2, -0.15) is 8.75 Å². The van der Waals surface area contributed by atoms with Crippen molar-refractivity contribution in [3.8, 4) is 0 Å². The molecule has 1 heterocycles. The van der Waals surface area contributed by atoms with E-state index in [-0.39, 0.29) is 12.5 Å². The fourth-order valence-corrected chi connectivity index (χ4v) is 2.84. The molecule has 1 aromatic carbocycles. The maximum absolute atomic E-state index is 12.1. The van der Waals surface area contributed by atoms with Crippen molar-refractivity contribution in [2.45, 2.75) is 24.9 Å². The van der Waals surface area contributed by atoms with Crippen molar-refractivity contribution >= 4 is 28.7 Å². The second-order valence-corrected chi connectivity index (χ2v) is 5.58. The second kappa shape index (κ2) is 5.30. The number of nitrogens with one attached hydrogen (secondary N) is 1. The van der Waals surface area contributed by atoms with E-state index in [1.54, 1.807) is 24.3 Å². The van der Waals surface area contributed by atoms with Crippen molar-refractivity contribution in [1.82, 2.24) is 14.1 Å². The summed E-state index contributed by atoms with van der Waals surface area (Å²) in [6.45, 7) is 0.232. The highest BCUT2D eigenvalue weighted by Gasteiger charge is 2.25. The molecule has 2 aromatic rings. The smallest absolute Gasteiger partial charge is 0.251 e. The number of benzene rings is 1. The van der Waals surface area contributed by atoms with Crippen LogP contribution in [-0.2, 0) is 0 Å². The number of amides is 1. The first-order chi connectivity index (χ1) is 9.66. The van der Waals surface area contributed by atoms with Crippen LogP contribution < -0.4 is 5.32 Å². The minimum absolute atomic E-state index is 0.202. The molecule has 0 radical (unpaired) electrons. The Labute approximate surface area is 120 Å². The second-order valence-electron chi connectivity index (χ2n) is 5.05. The van der Waals surface area contributed by atoms with Crippen molar-refractivity contribution in [1.29, 1.82) is 0 Å². The van der Waals surface area contributed by atoms with Gasteiger partial charge in [-0.3, -0.25) is 4.79 Å². The van der Waals surface area contributed by atoms with Crippen LogP contribution in [0.5, 0.6) is 0 Å². The maximum Gasteiger partial charge on any atom is 0.251 e. The van der Waals surface area contributed by atoms with Crippen molar-refractivity contribution in [2.24, 2.45) is 0 Å². The molecule has 1 aliphatic rings. The SMILES string of the molecule is O=C(NC[C@@]1(O)C=CCCC1)c1ccc2nsnc2c1. The van der Waals surface area contributed by atoms with E-state index in [1.807, 2.05) is 6.08 Å². The molecule has 0 aliphatic heterocycles. The summed E-state index contributed by atoms with van der Waals surface area (Å²) < 4.78 is 8.21. The van der Waals surface area contributed by atoms with Gasteiger partial charge in [0, 0.05) is 5.56 Å². The zero-order chi connectivity index (χ0) is 14.0. The molecular formula is C14H15N3O2S. The number of allylic oxidation sites excluding steroid dienone is 1. The third-order valence-corrected chi connectivity index (χ3v) is 4.04. The van der Waals surface area contributed by atoms with E-state index in [2.05, 4.69) is 14.1 Å². The van der Waals surface area contributed by atoms with Gasteiger partial charge in [0.2, 0.25) is 0 Å². The van der Waals surface area contributed by atoms with Gasteiger partial charge in [-0.15, -0.1) is 0 Å². The summed E-state index contributed by atoms with van der Waals surface area (Å²) in [7, 11) is 0. The predicted molar refractivity (Wildman–Crippen MR) is 77.7 cm³/mol. The molecule has 20 heavy (non-hydrogen) atoms. The molecule has 5 nitrogen and oxygen atoms in total. The quantitative estimate of drug-likeness (QED) is 0.846. The van der Waals surface area contributed by atoms with Crippen LogP contribution in [-0.4, -0.2) is 31.9 Å². The van der Waals surface area contributed by atoms with Crippen LogP contribution in [0.25, 0.3) is 11.0 Å². The molecule has 0 unspecified atom stereocenters. The summed E-state index contributed by atoms with van der Waals surface area (Å²) in [5.41, 5.74) is 1.13. The third kappa shape index (κ3) is 2.71. The van der Waals surface area contributed by atoms with E-state index < -0.39 is 5.60 Å². The Morgan fingerprint density at radius 1 is 1.40 bits per heavy atom. The number of carbonyl (C=O) groups is 1. The van der Waals surface area contributed by atoms with Gasteiger partial charge in [-0.25, -0.2) is 0 Å². The van der Waals surface area contributed by atoms with Gasteiger partial charge in [0.05, 0.1) is 23.9 Å². The zero-order valence-electron chi connectivity index (χ0n) is 10.9. The summed E-state index contributed by atoms with van der Waals surface area (Å²) in [4.78, 5) is 12.1. The van der Waals surface area contributed by atoms with Gasteiger partial charge >= 0.3 is 0 Å². The number of hydrogen-bond acceptors (Lipinski definition) is 5. The number of nitrogens with zero attached hydrogens (tertiary/aromatic N) is 2. The monoisotopic (exact) mass is 289 g/mol. The summed E-state index contributed by atoms with van der Waals surface area (Å²) in [6, 6.07) is 5.22. The molecule has 0 fully saturated rings. The Kier molecular flexibility index (Phi) is 3.50. The summed E-state index contributed by atoms with van der Waals surface area (Å²) in [5.74, 6) is -0.202. The van der Waals surface area contributed by atoms with E-state index in [9.17, 15) is 9.90 Å². The van der Waals surface area contributed by atoms with Crippen molar-refractivity contribution < 1.29 is 9.90 Å². The highest BCUT2D eigenvalue weighted by Crippen LogP contribution is 2.21. The Balaban J connectivity index is 1.69. The lowest BCUT2D eigenvalue weighted by Gasteiger charge is -2.27. The maximum atomic E-state index is 12.1. The molecule has 1 atom stereocenters.